The number of nitro benzene ring substituents is 1. The summed E-state index contributed by atoms with van der Waals surface area (Å²) in [4.78, 5) is 31.0. The smallest absolute Gasteiger partial charge is 0.279 e. The van der Waals surface area contributed by atoms with Crippen molar-refractivity contribution in [1.29, 1.82) is 0 Å². The van der Waals surface area contributed by atoms with Crippen molar-refractivity contribution in [3.63, 3.8) is 0 Å². The fourth-order valence-corrected chi connectivity index (χ4v) is 3.65. The number of aryl methyl sites for hydroxylation is 1. The first-order valence-electron chi connectivity index (χ1n) is 10.5. The van der Waals surface area contributed by atoms with Crippen LogP contribution in [0.25, 0.3) is 22.4 Å². The molecule has 0 radical (unpaired) electrons. The molecule has 32 heavy (non-hydrogen) atoms. The number of aromatic nitrogens is 4. The van der Waals surface area contributed by atoms with Gasteiger partial charge in [0, 0.05) is 12.1 Å². The number of fused-ring (bicyclic) bond motifs is 1. The Kier molecular flexibility index (Phi) is 5.98. The van der Waals surface area contributed by atoms with E-state index in [1.807, 2.05) is 38.1 Å². The molecule has 164 valence electrons. The van der Waals surface area contributed by atoms with E-state index in [0.717, 1.165) is 17.7 Å². The van der Waals surface area contributed by atoms with Crippen molar-refractivity contribution in [3.8, 4) is 17.1 Å². The Labute approximate surface area is 183 Å². The molecule has 2 aromatic heterocycles. The van der Waals surface area contributed by atoms with Crippen LogP contribution in [0.15, 0.2) is 53.3 Å². The fraction of sp³-hybridized carbons (Fsp3) is 0.261. The minimum absolute atomic E-state index is 0.0314. The molecule has 1 N–H and O–H groups in total. The van der Waals surface area contributed by atoms with E-state index in [4.69, 9.17) is 9.72 Å². The van der Waals surface area contributed by atoms with E-state index in [2.05, 4.69) is 10.1 Å². The minimum Gasteiger partial charge on any atom is -0.493 e. The average molecular weight is 433 g/mol. The lowest BCUT2D eigenvalue weighted by atomic mass is 10.1. The zero-order valence-corrected chi connectivity index (χ0v) is 17.9. The number of nitrogens with one attached hydrogen (secondary N) is 1. The summed E-state index contributed by atoms with van der Waals surface area (Å²) in [7, 11) is 0. The Morgan fingerprint density at radius 3 is 2.53 bits per heavy atom. The molecule has 0 aliphatic carbocycles. The lowest BCUT2D eigenvalue weighted by Crippen LogP contribution is -2.10. The van der Waals surface area contributed by atoms with Crippen molar-refractivity contribution >= 4 is 16.7 Å². The molecule has 0 spiro atoms. The summed E-state index contributed by atoms with van der Waals surface area (Å²) in [5, 5.41) is 15.4. The van der Waals surface area contributed by atoms with Gasteiger partial charge in [-0.15, -0.1) is 0 Å². The van der Waals surface area contributed by atoms with E-state index < -0.39 is 4.92 Å². The summed E-state index contributed by atoms with van der Waals surface area (Å²) < 4.78 is 7.46. The van der Waals surface area contributed by atoms with E-state index >= 15 is 0 Å². The Morgan fingerprint density at radius 2 is 1.84 bits per heavy atom. The van der Waals surface area contributed by atoms with Crippen molar-refractivity contribution in [2.75, 3.05) is 6.61 Å². The number of H-pyrrole nitrogens is 1. The van der Waals surface area contributed by atoms with Crippen LogP contribution >= 0.6 is 0 Å². The van der Waals surface area contributed by atoms with Gasteiger partial charge in [-0.05, 0) is 31.0 Å². The number of benzene rings is 2. The summed E-state index contributed by atoms with van der Waals surface area (Å²) in [5.41, 5.74) is 2.94. The van der Waals surface area contributed by atoms with E-state index in [1.165, 1.54) is 12.1 Å². The SMILES string of the molecule is CCCc1c2nc(-c3ccccc3OCC)[nH]c(=O)c2nn1Cc1ccc([N+](=O)[O-])cc1. The maximum Gasteiger partial charge on any atom is 0.279 e. The molecular formula is C23H23N5O4. The number of nitrogens with zero attached hydrogens (tertiary/aromatic N) is 4. The quantitative estimate of drug-likeness (QED) is 0.330. The first-order valence-corrected chi connectivity index (χ1v) is 10.5. The van der Waals surface area contributed by atoms with Gasteiger partial charge in [0.05, 0.1) is 29.3 Å². The molecule has 0 aliphatic heterocycles. The molecule has 9 heteroatoms. The van der Waals surface area contributed by atoms with E-state index in [1.54, 1.807) is 16.8 Å². The van der Waals surface area contributed by atoms with E-state index in [9.17, 15) is 14.9 Å². The van der Waals surface area contributed by atoms with Crippen LogP contribution < -0.4 is 10.3 Å². The molecule has 0 aliphatic rings. The van der Waals surface area contributed by atoms with Crippen LogP contribution in [0.1, 0.15) is 31.5 Å². The zero-order valence-electron chi connectivity index (χ0n) is 17.9. The van der Waals surface area contributed by atoms with Gasteiger partial charge >= 0.3 is 0 Å². The highest BCUT2D eigenvalue weighted by Gasteiger charge is 2.18. The number of hydrogen-bond donors (Lipinski definition) is 1. The molecular weight excluding hydrogens is 410 g/mol. The first kappa shape index (κ1) is 21.2. The van der Waals surface area contributed by atoms with Crippen LogP contribution in [0.3, 0.4) is 0 Å². The third-order valence-electron chi connectivity index (χ3n) is 5.11. The van der Waals surface area contributed by atoms with Gasteiger partial charge < -0.3 is 9.72 Å². The monoisotopic (exact) mass is 433 g/mol. The number of rotatable bonds is 8. The van der Waals surface area contributed by atoms with Crippen molar-refractivity contribution < 1.29 is 9.66 Å². The summed E-state index contributed by atoms with van der Waals surface area (Å²) in [6.07, 6.45) is 1.53. The van der Waals surface area contributed by atoms with Gasteiger partial charge in [0.2, 0.25) is 0 Å². The predicted molar refractivity (Wildman–Crippen MR) is 121 cm³/mol. The second-order valence-electron chi connectivity index (χ2n) is 7.32. The molecule has 0 bridgehead atoms. The summed E-state index contributed by atoms with van der Waals surface area (Å²) in [6, 6.07) is 13.8. The van der Waals surface area contributed by atoms with Crippen molar-refractivity contribution in [2.24, 2.45) is 0 Å². The predicted octanol–water partition coefficient (Wildman–Crippen LogP) is 4.09. The Balaban J connectivity index is 1.81. The van der Waals surface area contributed by atoms with Gasteiger partial charge in [-0.1, -0.05) is 37.6 Å². The molecule has 0 unspecified atom stereocenters. The second kappa shape index (κ2) is 9.01. The summed E-state index contributed by atoms with van der Waals surface area (Å²) in [6.45, 7) is 4.83. The molecule has 0 saturated heterocycles. The second-order valence-corrected chi connectivity index (χ2v) is 7.32. The Morgan fingerprint density at radius 1 is 1.09 bits per heavy atom. The molecule has 9 nitrogen and oxygen atoms in total. The van der Waals surface area contributed by atoms with Gasteiger partial charge in [0.15, 0.2) is 5.52 Å². The van der Waals surface area contributed by atoms with Crippen LogP contribution in [-0.4, -0.2) is 31.3 Å². The maximum atomic E-state index is 12.9. The fourth-order valence-electron chi connectivity index (χ4n) is 3.65. The standard InChI is InChI=1S/C23H23N5O4/c1-3-7-18-20-21(26-27(18)14-15-10-12-16(13-11-15)28(30)31)23(29)25-22(24-20)17-8-5-6-9-19(17)32-4-2/h5-6,8-13H,3-4,7,14H2,1-2H3,(H,24,25,29). The molecule has 2 aromatic carbocycles. The Bertz CT molecular complexity index is 1320. The number of nitro groups is 1. The number of para-hydroxylation sites is 1. The highest BCUT2D eigenvalue weighted by Crippen LogP contribution is 2.28. The minimum atomic E-state index is -0.431. The molecule has 2 heterocycles. The lowest BCUT2D eigenvalue weighted by Gasteiger charge is -2.09. The van der Waals surface area contributed by atoms with Gasteiger partial charge in [-0.25, -0.2) is 4.98 Å². The van der Waals surface area contributed by atoms with Crippen LogP contribution in [0.5, 0.6) is 5.75 Å². The topological polar surface area (TPSA) is 116 Å². The lowest BCUT2D eigenvalue weighted by molar-refractivity contribution is -0.384. The summed E-state index contributed by atoms with van der Waals surface area (Å²) >= 11 is 0. The molecule has 0 fully saturated rings. The highest BCUT2D eigenvalue weighted by molar-refractivity contribution is 5.79. The number of hydrogen-bond acceptors (Lipinski definition) is 6. The molecule has 0 saturated carbocycles. The third kappa shape index (κ3) is 4.09. The molecule has 0 atom stereocenters. The third-order valence-corrected chi connectivity index (χ3v) is 5.11. The molecule has 4 rings (SSSR count). The van der Waals surface area contributed by atoms with E-state index in [0.29, 0.717) is 42.2 Å². The van der Waals surface area contributed by atoms with E-state index in [-0.39, 0.29) is 16.8 Å². The number of ether oxygens (including phenoxy) is 1. The molecule has 4 aromatic rings. The van der Waals surface area contributed by atoms with Gasteiger partial charge in [-0.2, -0.15) is 5.10 Å². The Hall–Kier alpha value is -4.01. The van der Waals surface area contributed by atoms with Crippen LogP contribution in [0.2, 0.25) is 0 Å². The van der Waals surface area contributed by atoms with Crippen LogP contribution in [0.4, 0.5) is 5.69 Å². The van der Waals surface area contributed by atoms with Gasteiger partial charge in [-0.3, -0.25) is 19.6 Å². The van der Waals surface area contributed by atoms with Crippen LogP contribution in [-0.2, 0) is 13.0 Å². The maximum absolute atomic E-state index is 12.9. The zero-order chi connectivity index (χ0) is 22.7. The largest absolute Gasteiger partial charge is 0.493 e. The van der Waals surface area contributed by atoms with Crippen LogP contribution in [0, 0.1) is 10.1 Å². The molecule has 0 amide bonds. The van der Waals surface area contributed by atoms with Gasteiger partial charge in [0.25, 0.3) is 11.2 Å². The van der Waals surface area contributed by atoms with Gasteiger partial charge in [0.1, 0.15) is 17.1 Å². The summed E-state index contributed by atoms with van der Waals surface area (Å²) in [5.74, 6) is 1.08. The number of non-ortho nitro benzene ring substituents is 1. The number of aromatic amines is 1. The van der Waals surface area contributed by atoms with Crippen molar-refractivity contribution in [1.82, 2.24) is 19.7 Å². The average Bonchev–Trinajstić information content (AvgIpc) is 3.13. The van der Waals surface area contributed by atoms with Crippen molar-refractivity contribution in [2.45, 2.75) is 33.2 Å². The highest BCUT2D eigenvalue weighted by atomic mass is 16.6. The first-order chi connectivity index (χ1) is 15.5. The van der Waals surface area contributed by atoms with Crippen molar-refractivity contribution in [3.05, 3.63) is 80.3 Å². The normalized spacial score (nSPS) is 11.1.